The molecule has 0 aromatic heterocycles. The van der Waals surface area contributed by atoms with Crippen molar-refractivity contribution in [1.82, 2.24) is 0 Å². The number of benzene rings is 1. The second-order valence-electron chi connectivity index (χ2n) is 5.20. The molecule has 1 aromatic carbocycles. The van der Waals surface area contributed by atoms with E-state index in [-0.39, 0.29) is 0 Å². The van der Waals surface area contributed by atoms with Gasteiger partial charge in [0.25, 0.3) is 0 Å². The molecule has 1 saturated carbocycles. The van der Waals surface area contributed by atoms with Crippen molar-refractivity contribution in [1.29, 1.82) is 0 Å². The monoisotopic (exact) mass is 232 g/mol. The lowest BCUT2D eigenvalue weighted by Gasteiger charge is -2.36. The molecule has 0 aliphatic heterocycles. The Kier molecular flexibility index (Phi) is 4.43. The van der Waals surface area contributed by atoms with Crippen molar-refractivity contribution < 1.29 is 0 Å². The van der Waals surface area contributed by atoms with E-state index >= 15 is 0 Å². The molecule has 2 rings (SSSR count). The average Bonchev–Trinajstić information content (AvgIpc) is 2.40. The lowest BCUT2D eigenvalue weighted by atomic mass is 9.83. The van der Waals surface area contributed by atoms with E-state index in [1.807, 2.05) is 0 Å². The summed E-state index contributed by atoms with van der Waals surface area (Å²) in [6.45, 7) is 0.851. The molecule has 0 amide bonds. The summed E-state index contributed by atoms with van der Waals surface area (Å²) in [5, 5.41) is 0. The second kappa shape index (κ2) is 6.06. The number of nitrogens with zero attached hydrogens (tertiary/aromatic N) is 1. The maximum atomic E-state index is 5.63. The van der Waals surface area contributed by atoms with E-state index < -0.39 is 0 Å². The molecule has 94 valence electrons. The van der Waals surface area contributed by atoms with Gasteiger partial charge in [-0.3, -0.25) is 0 Å². The van der Waals surface area contributed by atoms with E-state index in [1.165, 1.54) is 37.8 Å². The lowest BCUT2D eigenvalue weighted by molar-refractivity contribution is 0.308. The van der Waals surface area contributed by atoms with Crippen LogP contribution in [0, 0.1) is 5.92 Å². The minimum Gasteiger partial charge on any atom is -0.372 e. The van der Waals surface area contributed by atoms with Crippen LogP contribution in [0.5, 0.6) is 0 Å². The molecule has 1 aliphatic rings. The fourth-order valence-corrected chi connectivity index (χ4v) is 2.93. The van der Waals surface area contributed by atoms with Gasteiger partial charge >= 0.3 is 0 Å². The van der Waals surface area contributed by atoms with Gasteiger partial charge in [0.2, 0.25) is 0 Å². The summed E-state index contributed by atoms with van der Waals surface area (Å²) < 4.78 is 0. The van der Waals surface area contributed by atoms with Crippen LogP contribution in [-0.4, -0.2) is 19.6 Å². The van der Waals surface area contributed by atoms with Crippen molar-refractivity contribution in [3.05, 3.63) is 30.3 Å². The fraction of sp³-hybridized carbons (Fsp3) is 0.600. The Morgan fingerprint density at radius 3 is 2.35 bits per heavy atom. The Labute approximate surface area is 105 Å². The van der Waals surface area contributed by atoms with Crippen LogP contribution in [-0.2, 0) is 0 Å². The molecule has 1 aliphatic carbocycles. The highest BCUT2D eigenvalue weighted by atomic mass is 15.1. The molecular formula is C15H24N2. The van der Waals surface area contributed by atoms with Gasteiger partial charge in [0.05, 0.1) is 0 Å². The summed E-state index contributed by atoms with van der Waals surface area (Å²) in [7, 11) is 2.23. The van der Waals surface area contributed by atoms with E-state index in [2.05, 4.69) is 42.3 Å². The molecule has 0 saturated heterocycles. The summed E-state index contributed by atoms with van der Waals surface area (Å²) in [5.41, 5.74) is 6.98. The third-order valence-electron chi connectivity index (χ3n) is 4.10. The van der Waals surface area contributed by atoms with Crippen LogP contribution in [0.3, 0.4) is 0 Å². The number of hydrogen-bond donors (Lipinski definition) is 1. The van der Waals surface area contributed by atoms with Crippen LogP contribution < -0.4 is 10.6 Å². The average molecular weight is 232 g/mol. The fourth-order valence-electron chi connectivity index (χ4n) is 2.93. The molecule has 1 fully saturated rings. The maximum Gasteiger partial charge on any atom is 0.0366 e. The first-order valence-corrected chi connectivity index (χ1v) is 6.79. The Morgan fingerprint density at radius 2 is 1.76 bits per heavy atom. The number of rotatable bonds is 4. The van der Waals surface area contributed by atoms with E-state index in [9.17, 15) is 0 Å². The lowest BCUT2D eigenvalue weighted by Crippen LogP contribution is -2.35. The van der Waals surface area contributed by atoms with Gasteiger partial charge in [-0.05, 0) is 56.7 Å². The van der Waals surface area contributed by atoms with Crippen LogP contribution in [0.4, 0.5) is 5.69 Å². The van der Waals surface area contributed by atoms with E-state index in [1.54, 1.807) is 0 Å². The zero-order valence-corrected chi connectivity index (χ0v) is 10.8. The highest BCUT2D eigenvalue weighted by Gasteiger charge is 2.23. The van der Waals surface area contributed by atoms with Crippen molar-refractivity contribution in [3.8, 4) is 0 Å². The zero-order valence-electron chi connectivity index (χ0n) is 10.8. The summed E-state index contributed by atoms with van der Waals surface area (Å²) in [6.07, 6.45) is 6.53. The topological polar surface area (TPSA) is 29.3 Å². The van der Waals surface area contributed by atoms with Crippen molar-refractivity contribution in [2.24, 2.45) is 11.7 Å². The van der Waals surface area contributed by atoms with E-state index in [0.29, 0.717) is 6.04 Å². The Balaban J connectivity index is 1.88. The van der Waals surface area contributed by atoms with Crippen LogP contribution >= 0.6 is 0 Å². The molecule has 2 heteroatoms. The standard InChI is InChI=1S/C15H24N2/c1-17(14-5-3-2-4-6-14)15-9-7-13(8-10-15)11-12-16/h2-6,13,15H,7-12,16H2,1H3. The van der Waals surface area contributed by atoms with Crippen molar-refractivity contribution >= 4 is 5.69 Å². The van der Waals surface area contributed by atoms with Gasteiger partial charge in [0.15, 0.2) is 0 Å². The SMILES string of the molecule is CN(c1ccccc1)C1CCC(CCN)CC1. The van der Waals surface area contributed by atoms with E-state index in [0.717, 1.165) is 12.5 Å². The molecule has 17 heavy (non-hydrogen) atoms. The van der Waals surface area contributed by atoms with Crippen LogP contribution in [0.25, 0.3) is 0 Å². The van der Waals surface area contributed by atoms with Crippen molar-refractivity contribution in [2.45, 2.75) is 38.1 Å². The smallest absolute Gasteiger partial charge is 0.0366 e. The number of nitrogens with two attached hydrogens (primary N) is 1. The molecule has 1 aromatic rings. The van der Waals surface area contributed by atoms with Gasteiger partial charge in [0, 0.05) is 18.8 Å². The molecule has 0 spiro atoms. The second-order valence-corrected chi connectivity index (χ2v) is 5.20. The first-order chi connectivity index (χ1) is 8.31. The summed E-state index contributed by atoms with van der Waals surface area (Å²) in [5.74, 6) is 0.875. The first kappa shape index (κ1) is 12.4. The quantitative estimate of drug-likeness (QED) is 0.864. The minimum absolute atomic E-state index is 0.714. The summed E-state index contributed by atoms with van der Waals surface area (Å²) in [6, 6.07) is 11.4. The first-order valence-electron chi connectivity index (χ1n) is 6.79. The van der Waals surface area contributed by atoms with Gasteiger partial charge in [0.1, 0.15) is 0 Å². The van der Waals surface area contributed by atoms with Crippen LogP contribution in [0.15, 0.2) is 30.3 Å². The Hall–Kier alpha value is -1.02. The predicted molar refractivity (Wildman–Crippen MR) is 74.3 cm³/mol. The Bertz CT molecular complexity index is 315. The molecule has 2 nitrogen and oxygen atoms in total. The highest BCUT2D eigenvalue weighted by molar-refractivity contribution is 5.46. The zero-order chi connectivity index (χ0) is 12.1. The molecule has 0 bridgehead atoms. The van der Waals surface area contributed by atoms with Crippen molar-refractivity contribution in [2.75, 3.05) is 18.5 Å². The third kappa shape index (κ3) is 3.22. The van der Waals surface area contributed by atoms with E-state index in [4.69, 9.17) is 5.73 Å². The minimum atomic E-state index is 0.714. The molecule has 0 heterocycles. The van der Waals surface area contributed by atoms with Gasteiger partial charge in [-0.25, -0.2) is 0 Å². The number of hydrogen-bond acceptors (Lipinski definition) is 2. The van der Waals surface area contributed by atoms with Gasteiger partial charge in [-0.15, -0.1) is 0 Å². The largest absolute Gasteiger partial charge is 0.372 e. The van der Waals surface area contributed by atoms with Gasteiger partial charge in [-0.1, -0.05) is 18.2 Å². The van der Waals surface area contributed by atoms with Crippen LogP contribution in [0.1, 0.15) is 32.1 Å². The summed E-state index contributed by atoms with van der Waals surface area (Å²) >= 11 is 0. The summed E-state index contributed by atoms with van der Waals surface area (Å²) in [4.78, 5) is 2.44. The van der Waals surface area contributed by atoms with Crippen molar-refractivity contribution in [3.63, 3.8) is 0 Å². The van der Waals surface area contributed by atoms with Gasteiger partial charge in [-0.2, -0.15) is 0 Å². The molecule has 2 N–H and O–H groups in total. The molecule has 0 radical (unpaired) electrons. The number of para-hydroxylation sites is 1. The molecular weight excluding hydrogens is 208 g/mol. The molecule has 0 unspecified atom stereocenters. The molecule has 0 atom stereocenters. The third-order valence-corrected chi connectivity index (χ3v) is 4.10. The maximum absolute atomic E-state index is 5.63. The number of anilines is 1. The van der Waals surface area contributed by atoms with Crippen LogP contribution in [0.2, 0.25) is 0 Å². The highest BCUT2D eigenvalue weighted by Crippen LogP contribution is 2.30. The van der Waals surface area contributed by atoms with Gasteiger partial charge < -0.3 is 10.6 Å². The normalized spacial score (nSPS) is 24.6. The predicted octanol–water partition coefficient (Wildman–Crippen LogP) is 3.03. The Morgan fingerprint density at radius 1 is 1.12 bits per heavy atom.